The van der Waals surface area contributed by atoms with E-state index < -0.39 is 0 Å². The number of hydrogen-bond acceptors (Lipinski definition) is 6. The van der Waals surface area contributed by atoms with Gasteiger partial charge >= 0.3 is 0 Å². The maximum Gasteiger partial charge on any atom is 0.222 e. The van der Waals surface area contributed by atoms with Gasteiger partial charge in [-0.25, -0.2) is 4.98 Å². The van der Waals surface area contributed by atoms with Gasteiger partial charge in [-0.05, 0) is 37.2 Å². The van der Waals surface area contributed by atoms with Crippen LogP contribution in [0.5, 0.6) is 5.75 Å². The molecule has 6 nitrogen and oxygen atoms in total. The van der Waals surface area contributed by atoms with Crippen LogP contribution < -0.4 is 16.4 Å². The first kappa shape index (κ1) is 11.7. The van der Waals surface area contributed by atoms with Crippen LogP contribution in [0.3, 0.4) is 0 Å². The van der Waals surface area contributed by atoms with Crippen LogP contribution >= 0.6 is 0 Å². The van der Waals surface area contributed by atoms with E-state index in [0.717, 1.165) is 35.7 Å². The summed E-state index contributed by atoms with van der Waals surface area (Å²) in [6, 6.07) is 6.84. The lowest BCUT2D eigenvalue weighted by Gasteiger charge is -2.19. The fourth-order valence-electron chi connectivity index (χ4n) is 2.16. The highest BCUT2D eigenvalue weighted by molar-refractivity contribution is 5.62. The van der Waals surface area contributed by atoms with Gasteiger partial charge in [-0.2, -0.15) is 4.98 Å². The third-order valence-electron chi connectivity index (χ3n) is 3.08. The Morgan fingerprint density at radius 1 is 1.21 bits per heavy atom. The largest absolute Gasteiger partial charge is 0.508 e. The molecular weight excluding hydrogens is 242 g/mol. The second kappa shape index (κ2) is 4.74. The van der Waals surface area contributed by atoms with Crippen molar-refractivity contribution in [1.29, 1.82) is 0 Å². The molecule has 1 aliphatic heterocycles. The molecule has 0 amide bonds. The maximum atomic E-state index is 9.28. The van der Waals surface area contributed by atoms with Crippen molar-refractivity contribution in [3.63, 3.8) is 0 Å². The van der Waals surface area contributed by atoms with Crippen LogP contribution in [0, 0.1) is 0 Å². The molecule has 19 heavy (non-hydrogen) atoms. The number of aromatic nitrogens is 2. The van der Waals surface area contributed by atoms with E-state index in [1.165, 1.54) is 0 Å². The number of rotatable bonds is 2. The average Bonchev–Trinajstić information content (AvgIpc) is 2.41. The minimum Gasteiger partial charge on any atom is -0.508 e. The number of aromatic hydroxyl groups is 1. The second-order valence-electron chi connectivity index (χ2n) is 4.45. The fraction of sp³-hybridized carbons (Fsp3) is 0.231. The molecule has 1 aromatic heterocycles. The lowest BCUT2D eigenvalue weighted by Crippen LogP contribution is -2.26. The molecule has 6 heteroatoms. The van der Waals surface area contributed by atoms with Crippen molar-refractivity contribution >= 4 is 17.5 Å². The van der Waals surface area contributed by atoms with Crippen molar-refractivity contribution in [3.05, 3.63) is 35.5 Å². The number of anilines is 3. The molecule has 2 aromatic rings. The van der Waals surface area contributed by atoms with Crippen LogP contribution in [-0.4, -0.2) is 21.6 Å². The fourth-order valence-corrected chi connectivity index (χ4v) is 2.16. The summed E-state index contributed by atoms with van der Waals surface area (Å²) in [5.74, 6) is 1.25. The van der Waals surface area contributed by atoms with Gasteiger partial charge in [0, 0.05) is 17.8 Å². The van der Waals surface area contributed by atoms with Crippen LogP contribution in [0.4, 0.5) is 17.5 Å². The summed E-state index contributed by atoms with van der Waals surface area (Å²) in [4.78, 5) is 8.52. The molecule has 0 saturated carbocycles. The molecule has 5 N–H and O–H groups in total. The zero-order chi connectivity index (χ0) is 13.2. The van der Waals surface area contributed by atoms with E-state index >= 15 is 0 Å². The number of phenols is 1. The summed E-state index contributed by atoms with van der Waals surface area (Å²) < 4.78 is 0. The molecule has 3 rings (SSSR count). The number of nitrogen functional groups attached to an aromatic ring is 1. The number of nitrogens with two attached hydrogens (primary N) is 1. The van der Waals surface area contributed by atoms with Gasteiger partial charge in [0.2, 0.25) is 5.95 Å². The molecule has 2 heterocycles. The molecule has 0 spiro atoms. The molecular formula is C13H15N5O. The third kappa shape index (κ3) is 2.43. The Bertz CT molecular complexity index is 597. The molecule has 0 aliphatic carbocycles. The van der Waals surface area contributed by atoms with Crippen LogP contribution in [0.25, 0.3) is 0 Å². The predicted molar refractivity (Wildman–Crippen MR) is 73.2 cm³/mol. The highest BCUT2D eigenvalue weighted by Crippen LogP contribution is 2.25. The Morgan fingerprint density at radius 3 is 2.79 bits per heavy atom. The number of fused-ring (bicyclic) bond motifs is 1. The quantitative estimate of drug-likeness (QED) is 0.603. The number of phenolic OH excluding ortho intramolecular Hbond substituents is 1. The minimum atomic E-state index is 0.235. The van der Waals surface area contributed by atoms with Gasteiger partial charge in [0.05, 0.1) is 5.69 Å². The van der Waals surface area contributed by atoms with Crippen molar-refractivity contribution in [2.75, 3.05) is 17.6 Å². The molecule has 0 radical (unpaired) electrons. The Kier molecular flexibility index (Phi) is 2.92. The smallest absolute Gasteiger partial charge is 0.222 e. The summed E-state index contributed by atoms with van der Waals surface area (Å²) >= 11 is 0. The van der Waals surface area contributed by atoms with Gasteiger partial charge in [0.25, 0.3) is 0 Å². The summed E-state index contributed by atoms with van der Waals surface area (Å²) in [5, 5.41) is 15.8. The van der Waals surface area contributed by atoms with Crippen molar-refractivity contribution in [1.82, 2.24) is 15.3 Å². The monoisotopic (exact) mass is 257 g/mol. The highest BCUT2D eigenvalue weighted by atomic mass is 16.3. The van der Waals surface area contributed by atoms with Gasteiger partial charge in [0.15, 0.2) is 0 Å². The van der Waals surface area contributed by atoms with Crippen LogP contribution in [-0.2, 0) is 13.0 Å². The van der Waals surface area contributed by atoms with Gasteiger partial charge in [-0.1, -0.05) is 0 Å². The van der Waals surface area contributed by atoms with E-state index in [9.17, 15) is 5.11 Å². The zero-order valence-corrected chi connectivity index (χ0v) is 10.3. The standard InChI is InChI=1S/C13H15N5O/c14-13-17-11-7-15-6-5-10(11)12(18-13)16-8-1-3-9(19)4-2-8/h1-4,15,19H,5-7H2,(H3,14,16,17,18). The number of benzene rings is 1. The predicted octanol–water partition coefficient (Wildman–Crippen LogP) is 1.15. The highest BCUT2D eigenvalue weighted by Gasteiger charge is 2.16. The Balaban J connectivity index is 1.95. The first-order chi connectivity index (χ1) is 9.22. The second-order valence-corrected chi connectivity index (χ2v) is 4.45. The van der Waals surface area contributed by atoms with Crippen molar-refractivity contribution in [3.8, 4) is 5.75 Å². The Morgan fingerprint density at radius 2 is 2.00 bits per heavy atom. The molecule has 1 aromatic carbocycles. The van der Waals surface area contributed by atoms with Gasteiger partial charge < -0.3 is 21.5 Å². The summed E-state index contributed by atoms with van der Waals surface area (Å²) in [7, 11) is 0. The summed E-state index contributed by atoms with van der Waals surface area (Å²) in [5.41, 5.74) is 8.63. The van der Waals surface area contributed by atoms with E-state index in [-0.39, 0.29) is 11.7 Å². The topological polar surface area (TPSA) is 96.1 Å². The minimum absolute atomic E-state index is 0.235. The molecule has 1 aliphatic rings. The number of nitrogens with one attached hydrogen (secondary N) is 2. The van der Waals surface area contributed by atoms with Crippen molar-refractivity contribution in [2.45, 2.75) is 13.0 Å². The summed E-state index contributed by atoms with van der Waals surface area (Å²) in [6.45, 7) is 1.62. The van der Waals surface area contributed by atoms with Gasteiger partial charge in [0.1, 0.15) is 11.6 Å². The number of nitrogens with zero attached hydrogens (tertiary/aromatic N) is 2. The van der Waals surface area contributed by atoms with Gasteiger partial charge in [-0.3, -0.25) is 0 Å². The van der Waals surface area contributed by atoms with E-state index in [0.29, 0.717) is 6.54 Å². The van der Waals surface area contributed by atoms with E-state index in [4.69, 9.17) is 5.73 Å². The molecule has 98 valence electrons. The van der Waals surface area contributed by atoms with Crippen LogP contribution in [0.15, 0.2) is 24.3 Å². The SMILES string of the molecule is Nc1nc2c(c(Nc3ccc(O)cc3)n1)CCNC2. The molecule has 0 bridgehead atoms. The average molecular weight is 257 g/mol. The first-order valence-electron chi connectivity index (χ1n) is 6.14. The molecule has 0 unspecified atom stereocenters. The lowest BCUT2D eigenvalue weighted by atomic mass is 10.1. The first-order valence-corrected chi connectivity index (χ1v) is 6.14. The van der Waals surface area contributed by atoms with Crippen molar-refractivity contribution < 1.29 is 5.11 Å². The Hall–Kier alpha value is -2.34. The Labute approximate surface area is 110 Å². The third-order valence-corrected chi connectivity index (χ3v) is 3.08. The van der Waals surface area contributed by atoms with E-state index in [1.807, 2.05) is 0 Å². The summed E-state index contributed by atoms with van der Waals surface area (Å²) in [6.07, 6.45) is 0.871. The van der Waals surface area contributed by atoms with E-state index in [2.05, 4.69) is 20.6 Å². The molecule has 0 saturated heterocycles. The van der Waals surface area contributed by atoms with Crippen molar-refractivity contribution in [2.24, 2.45) is 0 Å². The van der Waals surface area contributed by atoms with Crippen LogP contribution in [0.1, 0.15) is 11.3 Å². The van der Waals surface area contributed by atoms with E-state index in [1.54, 1.807) is 24.3 Å². The van der Waals surface area contributed by atoms with Gasteiger partial charge in [-0.15, -0.1) is 0 Å². The normalized spacial score (nSPS) is 13.9. The lowest BCUT2D eigenvalue weighted by molar-refractivity contribution is 0.475. The molecule has 0 fully saturated rings. The maximum absolute atomic E-state index is 9.28. The van der Waals surface area contributed by atoms with Crippen LogP contribution in [0.2, 0.25) is 0 Å². The molecule has 0 atom stereocenters. The number of hydrogen-bond donors (Lipinski definition) is 4. The zero-order valence-electron chi connectivity index (χ0n) is 10.3.